The Kier molecular flexibility index (Phi) is 6.75. The molecule has 2 N–H and O–H groups in total. The van der Waals surface area contributed by atoms with Gasteiger partial charge in [0.2, 0.25) is 0 Å². The van der Waals surface area contributed by atoms with Crippen LogP contribution in [0.3, 0.4) is 0 Å². The summed E-state index contributed by atoms with van der Waals surface area (Å²) in [6.45, 7) is 1.76. The third-order valence-corrected chi connectivity index (χ3v) is 3.88. The maximum Gasteiger partial charge on any atom is 0.191 e. The zero-order valence-electron chi connectivity index (χ0n) is 15.3. The van der Waals surface area contributed by atoms with Crippen molar-refractivity contribution in [2.75, 3.05) is 7.05 Å². The third kappa shape index (κ3) is 6.11. The maximum atomic E-state index is 5.76. The van der Waals surface area contributed by atoms with E-state index in [0.29, 0.717) is 19.7 Å². The molecule has 3 aromatic rings. The lowest BCUT2D eigenvalue weighted by Crippen LogP contribution is -2.36. The third-order valence-electron chi connectivity index (χ3n) is 3.88. The van der Waals surface area contributed by atoms with Gasteiger partial charge >= 0.3 is 0 Å². The van der Waals surface area contributed by atoms with Gasteiger partial charge in [-0.1, -0.05) is 24.3 Å². The molecule has 1 aromatic carbocycles. The molecule has 2 aromatic heterocycles. The highest BCUT2D eigenvalue weighted by Gasteiger charge is 2.01. The number of hydrogen-bond donors (Lipinski definition) is 2. The van der Waals surface area contributed by atoms with Crippen molar-refractivity contribution in [1.29, 1.82) is 0 Å². The second kappa shape index (κ2) is 9.91. The molecule has 6 nitrogen and oxygen atoms in total. The second-order valence-electron chi connectivity index (χ2n) is 5.85. The second-order valence-corrected chi connectivity index (χ2v) is 5.85. The van der Waals surface area contributed by atoms with Gasteiger partial charge in [-0.2, -0.15) is 0 Å². The van der Waals surface area contributed by atoms with Gasteiger partial charge in [-0.15, -0.1) is 0 Å². The first kappa shape index (κ1) is 18.4. The fourth-order valence-electron chi connectivity index (χ4n) is 2.43. The Morgan fingerprint density at radius 3 is 2.15 bits per heavy atom. The van der Waals surface area contributed by atoms with Crippen LogP contribution in [0.15, 0.2) is 78.0 Å². The van der Waals surface area contributed by atoms with Crippen LogP contribution in [-0.4, -0.2) is 23.0 Å². The first-order valence-electron chi connectivity index (χ1n) is 8.79. The van der Waals surface area contributed by atoms with E-state index in [-0.39, 0.29) is 0 Å². The van der Waals surface area contributed by atoms with E-state index < -0.39 is 0 Å². The summed E-state index contributed by atoms with van der Waals surface area (Å²) < 4.78 is 5.76. The van der Waals surface area contributed by atoms with Crippen LogP contribution in [0.25, 0.3) is 0 Å². The van der Waals surface area contributed by atoms with E-state index in [1.807, 2.05) is 60.7 Å². The van der Waals surface area contributed by atoms with Crippen LogP contribution >= 0.6 is 0 Å². The van der Waals surface area contributed by atoms with Gasteiger partial charge in [0.25, 0.3) is 0 Å². The van der Waals surface area contributed by atoms with Gasteiger partial charge in [0, 0.05) is 26.0 Å². The smallest absolute Gasteiger partial charge is 0.191 e. The number of hydrogen-bond acceptors (Lipinski definition) is 4. The van der Waals surface area contributed by atoms with Gasteiger partial charge in [0.05, 0.1) is 17.9 Å². The predicted molar refractivity (Wildman–Crippen MR) is 106 cm³/mol. The summed E-state index contributed by atoms with van der Waals surface area (Å²) in [6, 6.07) is 19.6. The Morgan fingerprint density at radius 1 is 0.852 bits per heavy atom. The van der Waals surface area contributed by atoms with E-state index in [1.54, 1.807) is 19.4 Å². The zero-order chi connectivity index (χ0) is 18.7. The summed E-state index contributed by atoms with van der Waals surface area (Å²) in [6.07, 6.45) is 3.55. The number of benzene rings is 1. The lowest BCUT2D eigenvalue weighted by Gasteiger charge is -2.12. The minimum atomic E-state index is 0.461. The summed E-state index contributed by atoms with van der Waals surface area (Å²) in [7, 11) is 1.75. The summed E-state index contributed by atoms with van der Waals surface area (Å²) in [5, 5.41) is 6.54. The molecule has 0 saturated heterocycles. The van der Waals surface area contributed by atoms with Crippen molar-refractivity contribution in [2.45, 2.75) is 19.7 Å². The van der Waals surface area contributed by atoms with Crippen molar-refractivity contribution >= 4 is 5.96 Å². The lowest BCUT2D eigenvalue weighted by atomic mass is 10.2. The van der Waals surface area contributed by atoms with E-state index in [9.17, 15) is 0 Å². The Bertz CT molecular complexity index is 835. The molecule has 0 aliphatic heterocycles. The number of aliphatic imine (C=N–C) groups is 1. The molecule has 0 fully saturated rings. The van der Waals surface area contributed by atoms with E-state index in [0.717, 1.165) is 28.7 Å². The molecule has 0 bridgehead atoms. The van der Waals surface area contributed by atoms with Crippen LogP contribution in [0.1, 0.15) is 17.0 Å². The molecular weight excluding hydrogens is 338 g/mol. The number of nitrogens with zero attached hydrogens (tertiary/aromatic N) is 3. The van der Waals surface area contributed by atoms with Crippen LogP contribution in [0.5, 0.6) is 5.75 Å². The summed E-state index contributed by atoms with van der Waals surface area (Å²) in [4.78, 5) is 12.8. The number of aromatic nitrogens is 2. The van der Waals surface area contributed by atoms with Gasteiger partial charge in [-0.05, 0) is 42.0 Å². The Morgan fingerprint density at radius 2 is 1.52 bits per heavy atom. The fourth-order valence-corrected chi connectivity index (χ4v) is 2.43. The molecule has 0 amide bonds. The number of pyridine rings is 2. The minimum absolute atomic E-state index is 0.461. The van der Waals surface area contributed by atoms with Crippen LogP contribution in [0.4, 0.5) is 0 Å². The SMILES string of the molecule is CN=C(NCc1ccc(OCc2ccccn2)cc1)NCc1ccccn1. The molecule has 0 radical (unpaired) electrons. The van der Waals surface area contributed by atoms with E-state index in [2.05, 4.69) is 25.6 Å². The molecular formula is C21H23N5O. The number of rotatable bonds is 7. The average molecular weight is 361 g/mol. The van der Waals surface area contributed by atoms with Gasteiger partial charge in [0.15, 0.2) is 5.96 Å². The topological polar surface area (TPSA) is 71.4 Å². The van der Waals surface area contributed by atoms with Gasteiger partial charge in [-0.25, -0.2) is 0 Å². The molecule has 2 heterocycles. The van der Waals surface area contributed by atoms with Crippen molar-refractivity contribution in [3.8, 4) is 5.75 Å². The summed E-state index contributed by atoms with van der Waals surface area (Å²) in [5.41, 5.74) is 3.02. The molecule has 3 rings (SSSR count). The molecule has 138 valence electrons. The standard InChI is InChI=1S/C21H23N5O/c1-22-21(26-15-18-6-2-4-12-23-18)25-14-17-8-10-20(11-9-17)27-16-19-7-3-5-13-24-19/h2-13H,14-16H2,1H3,(H2,22,25,26). The Balaban J connectivity index is 1.44. The first-order chi connectivity index (χ1) is 13.3. The van der Waals surface area contributed by atoms with Crippen molar-refractivity contribution in [3.63, 3.8) is 0 Å². The van der Waals surface area contributed by atoms with E-state index in [4.69, 9.17) is 4.74 Å². The Hall–Kier alpha value is -3.41. The van der Waals surface area contributed by atoms with Crippen molar-refractivity contribution < 1.29 is 4.74 Å². The van der Waals surface area contributed by atoms with Crippen LogP contribution in [0, 0.1) is 0 Å². The number of nitrogens with one attached hydrogen (secondary N) is 2. The molecule has 6 heteroatoms. The van der Waals surface area contributed by atoms with Crippen LogP contribution in [-0.2, 0) is 19.7 Å². The highest BCUT2D eigenvalue weighted by molar-refractivity contribution is 5.79. The monoisotopic (exact) mass is 361 g/mol. The fraction of sp³-hybridized carbons (Fsp3) is 0.190. The first-order valence-corrected chi connectivity index (χ1v) is 8.79. The van der Waals surface area contributed by atoms with Gasteiger partial charge < -0.3 is 15.4 Å². The molecule has 0 unspecified atom stereocenters. The largest absolute Gasteiger partial charge is 0.487 e. The van der Waals surface area contributed by atoms with Gasteiger partial charge in [-0.3, -0.25) is 15.0 Å². The highest BCUT2D eigenvalue weighted by atomic mass is 16.5. The molecule has 27 heavy (non-hydrogen) atoms. The van der Waals surface area contributed by atoms with Crippen molar-refractivity contribution in [2.24, 2.45) is 4.99 Å². The zero-order valence-corrected chi connectivity index (χ0v) is 15.3. The van der Waals surface area contributed by atoms with Gasteiger partial charge in [0.1, 0.15) is 12.4 Å². The average Bonchev–Trinajstić information content (AvgIpc) is 2.74. The summed E-state index contributed by atoms with van der Waals surface area (Å²) in [5.74, 6) is 1.55. The maximum absolute atomic E-state index is 5.76. The minimum Gasteiger partial charge on any atom is -0.487 e. The van der Waals surface area contributed by atoms with E-state index >= 15 is 0 Å². The van der Waals surface area contributed by atoms with Crippen molar-refractivity contribution in [1.82, 2.24) is 20.6 Å². The normalized spacial score (nSPS) is 11.1. The molecule has 0 aliphatic carbocycles. The Labute approximate surface area is 159 Å². The highest BCUT2D eigenvalue weighted by Crippen LogP contribution is 2.13. The van der Waals surface area contributed by atoms with Crippen molar-refractivity contribution in [3.05, 3.63) is 90.0 Å². The molecule has 0 atom stereocenters. The number of ether oxygens (including phenoxy) is 1. The predicted octanol–water partition coefficient (Wildman–Crippen LogP) is 2.92. The van der Waals surface area contributed by atoms with Crippen LogP contribution < -0.4 is 15.4 Å². The molecule has 0 aliphatic rings. The quantitative estimate of drug-likeness (QED) is 0.500. The molecule has 0 saturated carbocycles. The van der Waals surface area contributed by atoms with E-state index in [1.165, 1.54) is 0 Å². The van der Waals surface area contributed by atoms with Crippen LogP contribution in [0.2, 0.25) is 0 Å². The number of guanidine groups is 1. The lowest BCUT2D eigenvalue weighted by molar-refractivity contribution is 0.301. The summed E-state index contributed by atoms with van der Waals surface area (Å²) >= 11 is 0. The molecule has 0 spiro atoms.